The number of aryl methyl sites for hydroxylation is 1. The van der Waals surface area contributed by atoms with Gasteiger partial charge in [0.05, 0.1) is 13.2 Å². The van der Waals surface area contributed by atoms with Crippen molar-refractivity contribution < 1.29 is 14.3 Å². The van der Waals surface area contributed by atoms with Gasteiger partial charge in [0.25, 0.3) is 0 Å². The predicted octanol–water partition coefficient (Wildman–Crippen LogP) is 1.12. The summed E-state index contributed by atoms with van der Waals surface area (Å²) in [5.41, 5.74) is 0.905. The molecule has 0 atom stereocenters. The van der Waals surface area contributed by atoms with E-state index in [-0.39, 0.29) is 6.09 Å². The molecule has 23 heavy (non-hydrogen) atoms. The van der Waals surface area contributed by atoms with E-state index in [0.717, 1.165) is 11.5 Å². The number of hydrogen-bond acceptors (Lipinski definition) is 7. The van der Waals surface area contributed by atoms with Crippen LogP contribution in [0, 0.1) is 6.92 Å². The summed E-state index contributed by atoms with van der Waals surface area (Å²) < 4.78 is 10.1. The number of piperazine rings is 1. The van der Waals surface area contributed by atoms with E-state index < -0.39 is 0 Å². The van der Waals surface area contributed by atoms with E-state index in [4.69, 9.17) is 9.47 Å². The second-order valence-corrected chi connectivity index (χ2v) is 5.29. The van der Waals surface area contributed by atoms with Crippen molar-refractivity contribution in [3.05, 3.63) is 11.8 Å². The molecule has 2 heterocycles. The van der Waals surface area contributed by atoms with E-state index in [9.17, 15) is 4.79 Å². The lowest BCUT2D eigenvalue weighted by Crippen LogP contribution is -2.49. The van der Waals surface area contributed by atoms with Crippen LogP contribution in [-0.4, -0.2) is 74.0 Å². The van der Waals surface area contributed by atoms with E-state index in [1.54, 1.807) is 12.0 Å². The summed E-state index contributed by atoms with van der Waals surface area (Å²) in [4.78, 5) is 24.6. The summed E-state index contributed by atoms with van der Waals surface area (Å²) >= 11 is 0. The highest BCUT2D eigenvalue weighted by atomic mass is 16.6. The molecule has 8 nitrogen and oxygen atoms in total. The molecule has 0 saturated carbocycles. The van der Waals surface area contributed by atoms with Crippen LogP contribution in [0.3, 0.4) is 0 Å². The number of ether oxygens (including phenoxy) is 2. The number of anilines is 2. The van der Waals surface area contributed by atoms with Gasteiger partial charge in [-0.3, -0.25) is 0 Å². The summed E-state index contributed by atoms with van der Waals surface area (Å²) in [6.07, 6.45) is -0.251. The second kappa shape index (κ2) is 8.52. The highest BCUT2D eigenvalue weighted by Crippen LogP contribution is 2.16. The van der Waals surface area contributed by atoms with Gasteiger partial charge in [-0.2, -0.15) is 4.98 Å². The van der Waals surface area contributed by atoms with Gasteiger partial charge in [-0.15, -0.1) is 0 Å². The number of amides is 1. The molecule has 1 aliphatic heterocycles. The number of aromatic nitrogens is 2. The smallest absolute Gasteiger partial charge is 0.409 e. The van der Waals surface area contributed by atoms with E-state index >= 15 is 0 Å². The van der Waals surface area contributed by atoms with Crippen LogP contribution in [0.25, 0.3) is 0 Å². The molecular weight excluding hydrogens is 298 g/mol. The average molecular weight is 323 g/mol. The summed E-state index contributed by atoms with van der Waals surface area (Å²) in [6, 6.07) is 1.91. The van der Waals surface area contributed by atoms with E-state index in [2.05, 4.69) is 20.2 Å². The fourth-order valence-corrected chi connectivity index (χ4v) is 2.37. The zero-order valence-corrected chi connectivity index (χ0v) is 14.0. The topological polar surface area (TPSA) is 79.8 Å². The van der Waals surface area contributed by atoms with Gasteiger partial charge in [0.1, 0.15) is 5.82 Å². The molecule has 8 heteroatoms. The largest absolute Gasteiger partial charge is 0.450 e. The quantitative estimate of drug-likeness (QED) is 0.786. The van der Waals surface area contributed by atoms with Gasteiger partial charge >= 0.3 is 6.09 Å². The van der Waals surface area contributed by atoms with Gasteiger partial charge in [0, 0.05) is 51.6 Å². The average Bonchev–Trinajstić information content (AvgIpc) is 2.55. The van der Waals surface area contributed by atoms with Gasteiger partial charge in [0.2, 0.25) is 5.95 Å². The number of methoxy groups -OCH3 is 1. The number of nitrogens with zero attached hydrogens (tertiary/aromatic N) is 4. The SMILES string of the molecule is CCOC(=O)N1CCN(c2nc(C)cc(NCCOC)n2)CC1. The molecule has 0 bridgehead atoms. The van der Waals surface area contributed by atoms with Crippen molar-refractivity contribution >= 4 is 17.9 Å². The third kappa shape index (κ3) is 4.95. The molecule has 1 aromatic heterocycles. The minimum Gasteiger partial charge on any atom is -0.450 e. The van der Waals surface area contributed by atoms with E-state index in [1.807, 2.05) is 19.9 Å². The molecule has 1 fully saturated rings. The standard InChI is InChI=1S/C15H25N5O3/c1-4-23-15(21)20-8-6-19(7-9-20)14-17-12(2)11-13(18-14)16-5-10-22-3/h11H,4-10H2,1-3H3,(H,16,17,18). The lowest BCUT2D eigenvalue weighted by Gasteiger charge is -2.34. The van der Waals surface area contributed by atoms with Crippen LogP contribution < -0.4 is 10.2 Å². The molecule has 1 N–H and O–H groups in total. The third-order valence-electron chi connectivity index (χ3n) is 3.54. The fourth-order valence-electron chi connectivity index (χ4n) is 2.37. The van der Waals surface area contributed by atoms with Gasteiger partial charge in [-0.1, -0.05) is 0 Å². The van der Waals surface area contributed by atoms with Gasteiger partial charge in [-0.25, -0.2) is 9.78 Å². The number of hydrogen-bond donors (Lipinski definition) is 1. The first-order valence-corrected chi connectivity index (χ1v) is 7.89. The minimum atomic E-state index is -0.251. The zero-order chi connectivity index (χ0) is 16.7. The molecule has 1 aliphatic rings. The zero-order valence-electron chi connectivity index (χ0n) is 14.0. The lowest BCUT2D eigenvalue weighted by atomic mass is 10.3. The Balaban J connectivity index is 1.96. The van der Waals surface area contributed by atoms with Crippen molar-refractivity contribution in [2.45, 2.75) is 13.8 Å². The number of rotatable bonds is 6. The van der Waals surface area contributed by atoms with Crippen molar-refractivity contribution in [1.82, 2.24) is 14.9 Å². The Morgan fingerprint density at radius 2 is 2.04 bits per heavy atom. The monoisotopic (exact) mass is 323 g/mol. The highest BCUT2D eigenvalue weighted by molar-refractivity contribution is 5.68. The molecule has 128 valence electrons. The summed E-state index contributed by atoms with van der Waals surface area (Å²) in [5.74, 6) is 1.48. The lowest BCUT2D eigenvalue weighted by molar-refractivity contribution is 0.105. The fraction of sp³-hybridized carbons (Fsp3) is 0.667. The normalized spacial score (nSPS) is 14.7. The molecule has 0 unspecified atom stereocenters. The summed E-state index contributed by atoms with van der Waals surface area (Å²) in [5, 5.41) is 3.22. The first kappa shape index (κ1) is 17.3. The minimum absolute atomic E-state index is 0.251. The van der Waals surface area contributed by atoms with Crippen molar-refractivity contribution in [3.63, 3.8) is 0 Å². The van der Waals surface area contributed by atoms with Crippen LogP contribution in [0.5, 0.6) is 0 Å². The third-order valence-corrected chi connectivity index (χ3v) is 3.54. The van der Waals surface area contributed by atoms with Crippen molar-refractivity contribution in [1.29, 1.82) is 0 Å². The van der Waals surface area contributed by atoms with Crippen molar-refractivity contribution in [2.75, 3.05) is 63.3 Å². The van der Waals surface area contributed by atoms with Crippen molar-refractivity contribution in [2.24, 2.45) is 0 Å². The summed E-state index contributed by atoms with van der Waals surface area (Å²) in [6.45, 7) is 8.09. The Labute approximate surface area is 136 Å². The molecular formula is C15H25N5O3. The Kier molecular flexibility index (Phi) is 6.40. The van der Waals surface area contributed by atoms with Crippen LogP contribution >= 0.6 is 0 Å². The van der Waals surface area contributed by atoms with Crippen LogP contribution in [0.2, 0.25) is 0 Å². The van der Waals surface area contributed by atoms with Crippen molar-refractivity contribution in [3.8, 4) is 0 Å². The number of nitrogens with one attached hydrogen (secondary N) is 1. The molecule has 0 radical (unpaired) electrons. The maximum Gasteiger partial charge on any atom is 0.409 e. The Morgan fingerprint density at radius 3 is 2.70 bits per heavy atom. The van der Waals surface area contributed by atoms with Crippen LogP contribution in [0.4, 0.5) is 16.6 Å². The molecule has 0 aliphatic carbocycles. The maximum atomic E-state index is 11.7. The van der Waals surface area contributed by atoms with Gasteiger partial charge < -0.3 is 24.6 Å². The molecule has 2 rings (SSSR count). The first-order valence-electron chi connectivity index (χ1n) is 7.89. The Hall–Kier alpha value is -2.09. The number of carbonyl (C=O) groups excluding carboxylic acids is 1. The van der Waals surface area contributed by atoms with Crippen LogP contribution in [-0.2, 0) is 9.47 Å². The predicted molar refractivity (Wildman–Crippen MR) is 87.9 cm³/mol. The Bertz CT molecular complexity index is 518. The van der Waals surface area contributed by atoms with E-state index in [0.29, 0.717) is 51.9 Å². The first-order chi connectivity index (χ1) is 11.1. The molecule has 0 spiro atoms. The highest BCUT2D eigenvalue weighted by Gasteiger charge is 2.23. The maximum absolute atomic E-state index is 11.7. The molecule has 1 amide bonds. The van der Waals surface area contributed by atoms with Crippen LogP contribution in [0.15, 0.2) is 6.07 Å². The molecule has 1 saturated heterocycles. The molecule has 0 aromatic carbocycles. The number of carbonyl (C=O) groups is 1. The Morgan fingerprint density at radius 1 is 1.30 bits per heavy atom. The van der Waals surface area contributed by atoms with Crippen LogP contribution in [0.1, 0.15) is 12.6 Å². The molecule has 1 aromatic rings. The van der Waals surface area contributed by atoms with E-state index in [1.165, 1.54) is 0 Å². The van der Waals surface area contributed by atoms with Gasteiger partial charge in [0.15, 0.2) is 0 Å². The summed E-state index contributed by atoms with van der Waals surface area (Å²) in [7, 11) is 1.67. The van der Waals surface area contributed by atoms with Gasteiger partial charge in [-0.05, 0) is 13.8 Å². The second-order valence-electron chi connectivity index (χ2n) is 5.29.